The number of hydrogen-bond donors (Lipinski definition) is 1. The van der Waals surface area contributed by atoms with Crippen molar-refractivity contribution in [2.45, 2.75) is 6.61 Å². The number of pyridine rings is 1. The van der Waals surface area contributed by atoms with Crippen molar-refractivity contribution in [2.24, 2.45) is 0 Å². The number of fused-ring (bicyclic) bond motifs is 1. The molecule has 0 aliphatic rings. The molecule has 1 N–H and O–H groups in total. The lowest BCUT2D eigenvalue weighted by Gasteiger charge is -2.10. The molecule has 3 nitrogen and oxygen atoms in total. The van der Waals surface area contributed by atoms with Crippen molar-refractivity contribution >= 4 is 26.8 Å². The SMILES string of the molecule is OCc1cc2ccccc2nc1Oc1ccc(F)c(Br)c1. The number of aliphatic hydroxyl groups is 1. The third kappa shape index (κ3) is 2.89. The summed E-state index contributed by atoms with van der Waals surface area (Å²) in [5.74, 6) is 0.395. The van der Waals surface area contributed by atoms with Crippen LogP contribution in [0.2, 0.25) is 0 Å². The van der Waals surface area contributed by atoms with Crippen LogP contribution in [0.25, 0.3) is 10.9 Å². The van der Waals surface area contributed by atoms with Gasteiger partial charge in [-0.1, -0.05) is 18.2 Å². The van der Waals surface area contributed by atoms with Crippen LogP contribution in [0.3, 0.4) is 0 Å². The number of aromatic nitrogens is 1. The number of rotatable bonds is 3. The van der Waals surface area contributed by atoms with Gasteiger partial charge in [0.15, 0.2) is 0 Å². The summed E-state index contributed by atoms with van der Waals surface area (Å²) in [5.41, 5.74) is 1.35. The molecule has 3 rings (SSSR count). The first-order chi connectivity index (χ1) is 10.2. The molecular weight excluding hydrogens is 337 g/mol. The maximum absolute atomic E-state index is 13.2. The number of halogens is 2. The van der Waals surface area contributed by atoms with Crippen LogP contribution in [0, 0.1) is 5.82 Å². The van der Waals surface area contributed by atoms with Crippen LogP contribution in [0.5, 0.6) is 11.6 Å². The number of ether oxygens (including phenoxy) is 1. The van der Waals surface area contributed by atoms with Crippen LogP contribution in [-0.2, 0) is 6.61 Å². The predicted molar refractivity (Wildman–Crippen MR) is 81.8 cm³/mol. The molecule has 0 aliphatic carbocycles. The number of aliphatic hydroxyl groups excluding tert-OH is 1. The van der Waals surface area contributed by atoms with Crippen LogP contribution in [0.1, 0.15) is 5.56 Å². The highest BCUT2D eigenvalue weighted by molar-refractivity contribution is 9.10. The molecule has 0 aliphatic heterocycles. The standard InChI is InChI=1S/C16H11BrFNO2/c17-13-8-12(5-6-14(13)18)21-16-11(9-20)7-10-3-1-2-4-15(10)19-16/h1-8,20H,9H2. The zero-order chi connectivity index (χ0) is 14.8. The van der Waals surface area contributed by atoms with Crippen molar-refractivity contribution in [3.05, 3.63) is 64.4 Å². The van der Waals surface area contributed by atoms with Crippen molar-refractivity contribution in [1.82, 2.24) is 4.98 Å². The van der Waals surface area contributed by atoms with E-state index >= 15 is 0 Å². The van der Waals surface area contributed by atoms with E-state index in [2.05, 4.69) is 20.9 Å². The lowest BCUT2D eigenvalue weighted by atomic mass is 10.1. The Morgan fingerprint density at radius 1 is 1.14 bits per heavy atom. The number of nitrogens with zero attached hydrogens (tertiary/aromatic N) is 1. The summed E-state index contributed by atoms with van der Waals surface area (Å²) in [6.07, 6.45) is 0. The molecule has 0 amide bonds. The average molecular weight is 348 g/mol. The minimum Gasteiger partial charge on any atom is -0.439 e. The van der Waals surface area contributed by atoms with Gasteiger partial charge in [-0.15, -0.1) is 0 Å². The van der Waals surface area contributed by atoms with E-state index in [9.17, 15) is 9.50 Å². The second-order valence-electron chi connectivity index (χ2n) is 4.48. The van der Waals surface area contributed by atoms with Crippen LogP contribution in [0.4, 0.5) is 4.39 Å². The molecule has 2 aromatic carbocycles. The predicted octanol–water partition coefficient (Wildman–Crippen LogP) is 4.42. The van der Waals surface area contributed by atoms with Gasteiger partial charge in [0, 0.05) is 10.9 Å². The Morgan fingerprint density at radius 3 is 2.71 bits per heavy atom. The molecule has 5 heteroatoms. The van der Waals surface area contributed by atoms with Gasteiger partial charge in [-0.05, 0) is 46.3 Å². The molecule has 0 saturated carbocycles. The molecule has 0 fully saturated rings. The van der Waals surface area contributed by atoms with Gasteiger partial charge in [-0.2, -0.15) is 0 Å². The quantitative estimate of drug-likeness (QED) is 0.762. The highest BCUT2D eigenvalue weighted by Crippen LogP contribution is 2.29. The van der Waals surface area contributed by atoms with Gasteiger partial charge in [0.1, 0.15) is 11.6 Å². The molecule has 0 atom stereocenters. The normalized spacial score (nSPS) is 10.8. The largest absolute Gasteiger partial charge is 0.439 e. The van der Waals surface area contributed by atoms with Crippen LogP contribution < -0.4 is 4.74 Å². The van der Waals surface area contributed by atoms with Gasteiger partial charge >= 0.3 is 0 Å². The molecule has 106 valence electrons. The van der Waals surface area contributed by atoms with E-state index in [0.29, 0.717) is 21.7 Å². The molecule has 21 heavy (non-hydrogen) atoms. The summed E-state index contributed by atoms with van der Waals surface area (Å²) in [6, 6.07) is 13.7. The summed E-state index contributed by atoms with van der Waals surface area (Å²) >= 11 is 3.11. The van der Waals surface area contributed by atoms with Crippen LogP contribution >= 0.6 is 15.9 Å². The highest BCUT2D eigenvalue weighted by atomic mass is 79.9. The molecular formula is C16H11BrFNO2. The number of hydrogen-bond acceptors (Lipinski definition) is 3. The Balaban J connectivity index is 2.04. The van der Waals surface area contributed by atoms with E-state index in [0.717, 1.165) is 10.9 Å². The van der Waals surface area contributed by atoms with E-state index in [1.807, 2.05) is 30.3 Å². The smallest absolute Gasteiger partial charge is 0.225 e. The van der Waals surface area contributed by atoms with Crippen molar-refractivity contribution < 1.29 is 14.2 Å². The molecule has 1 heterocycles. The van der Waals surface area contributed by atoms with E-state index < -0.39 is 0 Å². The van der Waals surface area contributed by atoms with Crippen LogP contribution in [-0.4, -0.2) is 10.1 Å². The van der Waals surface area contributed by atoms with Crippen molar-refractivity contribution in [3.8, 4) is 11.6 Å². The molecule has 1 aromatic heterocycles. The fourth-order valence-corrected chi connectivity index (χ4v) is 2.35. The van der Waals surface area contributed by atoms with Gasteiger partial charge in [-0.25, -0.2) is 9.37 Å². The number of para-hydroxylation sites is 1. The minimum atomic E-state index is -0.365. The first-order valence-electron chi connectivity index (χ1n) is 6.30. The molecule has 0 bridgehead atoms. The first kappa shape index (κ1) is 14.0. The molecule has 3 aromatic rings. The van der Waals surface area contributed by atoms with E-state index in [-0.39, 0.29) is 12.4 Å². The maximum Gasteiger partial charge on any atom is 0.225 e. The third-order valence-electron chi connectivity index (χ3n) is 3.04. The van der Waals surface area contributed by atoms with Gasteiger partial charge in [0.25, 0.3) is 0 Å². The van der Waals surface area contributed by atoms with E-state index in [1.54, 1.807) is 0 Å². The monoisotopic (exact) mass is 347 g/mol. The summed E-state index contributed by atoms with van der Waals surface area (Å²) < 4.78 is 19.2. The van der Waals surface area contributed by atoms with Crippen molar-refractivity contribution in [1.29, 1.82) is 0 Å². The second-order valence-corrected chi connectivity index (χ2v) is 5.34. The Hall–Kier alpha value is -1.98. The molecule has 0 radical (unpaired) electrons. The Bertz CT molecular complexity index is 807. The summed E-state index contributed by atoms with van der Waals surface area (Å²) in [6.45, 7) is -0.185. The minimum absolute atomic E-state index is 0.185. The van der Waals surface area contributed by atoms with E-state index in [1.165, 1.54) is 18.2 Å². The molecule has 0 spiro atoms. The third-order valence-corrected chi connectivity index (χ3v) is 3.65. The second kappa shape index (κ2) is 5.79. The zero-order valence-electron chi connectivity index (χ0n) is 10.9. The zero-order valence-corrected chi connectivity index (χ0v) is 12.5. The van der Waals surface area contributed by atoms with Gasteiger partial charge in [0.2, 0.25) is 5.88 Å². The summed E-state index contributed by atoms with van der Waals surface area (Å²) in [5, 5.41) is 10.4. The van der Waals surface area contributed by atoms with Gasteiger partial charge < -0.3 is 9.84 Å². The first-order valence-corrected chi connectivity index (χ1v) is 7.09. The lowest BCUT2D eigenvalue weighted by molar-refractivity contribution is 0.275. The van der Waals surface area contributed by atoms with Gasteiger partial charge in [0.05, 0.1) is 16.6 Å². The van der Waals surface area contributed by atoms with Crippen LogP contribution in [0.15, 0.2) is 53.0 Å². The fourth-order valence-electron chi connectivity index (χ4n) is 2.00. The summed E-state index contributed by atoms with van der Waals surface area (Å²) in [4.78, 5) is 4.40. The Kier molecular flexibility index (Phi) is 3.86. The van der Waals surface area contributed by atoms with Crippen molar-refractivity contribution in [3.63, 3.8) is 0 Å². The highest BCUT2D eigenvalue weighted by Gasteiger charge is 2.10. The Labute approximate surface area is 129 Å². The van der Waals surface area contributed by atoms with Gasteiger partial charge in [-0.3, -0.25) is 0 Å². The number of benzene rings is 2. The fraction of sp³-hybridized carbons (Fsp3) is 0.0625. The lowest BCUT2D eigenvalue weighted by Crippen LogP contribution is -1.96. The maximum atomic E-state index is 13.2. The molecule has 0 saturated heterocycles. The average Bonchev–Trinajstić information content (AvgIpc) is 2.50. The molecule has 0 unspecified atom stereocenters. The summed E-state index contributed by atoms with van der Waals surface area (Å²) in [7, 11) is 0. The van der Waals surface area contributed by atoms with Crippen molar-refractivity contribution in [2.75, 3.05) is 0 Å². The Morgan fingerprint density at radius 2 is 1.95 bits per heavy atom. The van der Waals surface area contributed by atoms with E-state index in [4.69, 9.17) is 4.74 Å². The topological polar surface area (TPSA) is 42.4 Å².